The molecule has 18 heavy (non-hydrogen) atoms. The molecule has 1 aromatic rings. The van der Waals surface area contributed by atoms with Crippen LogP contribution in [0.15, 0.2) is 0 Å². The molecular formula is C14H24N2OS. The van der Waals surface area contributed by atoms with Crippen molar-refractivity contribution in [1.82, 2.24) is 4.98 Å². The summed E-state index contributed by atoms with van der Waals surface area (Å²) in [5, 5.41) is 0.966. The van der Waals surface area contributed by atoms with E-state index in [1.165, 1.54) is 11.3 Å². The predicted molar refractivity (Wildman–Crippen MR) is 79.0 cm³/mol. The molecule has 2 atom stereocenters. The van der Waals surface area contributed by atoms with Gasteiger partial charge in [-0.1, -0.05) is 38.5 Å². The molecule has 0 radical (unpaired) electrons. The monoisotopic (exact) mass is 268 g/mol. The molecule has 102 valence electrons. The standard InChI is InChI=1S/C14H24N2OS/c1-6-8-11(4)16(5)14-15-13(10(3)7-2)12(9-17)18-14/h9-11H,6-8H2,1-5H3. The number of carbonyl (C=O) groups excluding carboxylic acids is 1. The van der Waals surface area contributed by atoms with Gasteiger partial charge >= 0.3 is 0 Å². The largest absolute Gasteiger partial charge is 0.348 e. The van der Waals surface area contributed by atoms with E-state index in [4.69, 9.17) is 0 Å². The number of nitrogens with zero attached hydrogens (tertiary/aromatic N) is 2. The molecule has 1 heterocycles. The number of hydrogen-bond acceptors (Lipinski definition) is 4. The van der Waals surface area contributed by atoms with Gasteiger partial charge in [0.25, 0.3) is 0 Å². The van der Waals surface area contributed by atoms with Gasteiger partial charge in [0.15, 0.2) is 11.4 Å². The van der Waals surface area contributed by atoms with Crippen molar-refractivity contribution in [2.24, 2.45) is 0 Å². The zero-order valence-electron chi connectivity index (χ0n) is 12.1. The predicted octanol–water partition coefficient (Wildman–Crippen LogP) is 4.09. The summed E-state index contributed by atoms with van der Waals surface area (Å²) < 4.78 is 0. The maximum Gasteiger partial charge on any atom is 0.186 e. The van der Waals surface area contributed by atoms with E-state index in [0.717, 1.165) is 41.3 Å². The van der Waals surface area contributed by atoms with Gasteiger partial charge in [-0.2, -0.15) is 0 Å². The number of thiazole rings is 1. The van der Waals surface area contributed by atoms with Gasteiger partial charge in [-0.15, -0.1) is 0 Å². The van der Waals surface area contributed by atoms with E-state index in [-0.39, 0.29) is 0 Å². The Hall–Kier alpha value is -0.900. The molecule has 0 aliphatic heterocycles. The van der Waals surface area contributed by atoms with Gasteiger partial charge in [0.2, 0.25) is 0 Å². The molecule has 0 N–H and O–H groups in total. The second-order valence-corrected chi connectivity index (χ2v) is 5.93. The molecule has 1 aromatic heterocycles. The third-order valence-corrected chi connectivity index (χ3v) is 4.61. The fraction of sp³-hybridized carbons (Fsp3) is 0.714. The molecular weight excluding hydrogens is 244 g/mol. The van der Waals surface area contributed by atoms with Crippen LogP contribution in [-0.2, 0) is 0 Å². The minimum atomic E-state index is 0.352. The number of carbonyl (C=O) groups is 1. The lowest BCUT2D eigenvalue weighted by atomic mass is 10.0. The summed E-state index contributed by atoms with van der Waals surface area (Å²) in [5.74, 6) is 0.352. The highest BCUT2D eigenvalue weighted by Crippen LogP contribution is 2.31. The summed E-state index contributed by atoms with van der Waals surface area (Å²) in [4.78, 5) is 18.8. The van der Waals surface area contributed by atoms with Gasteiger partial charge in [0, 0.05) is 13.1 Å². The van der Waals surface area contributed by atoms with Gasteiger partial charge in [-0.3, -0.25) is 4.79 Å². The van der Waals surface area contributed by atoms with E-state index in [0.29, 0.717) is 12.0 Å². The van der Waals surface area contributed by atoms with Crippen molar-refractivity contribution in [3.05, 3.63) is 10.6 Å². The lowest BCUT2D eigenvalue weighted by Gasteiger charge is -2.23. The van der Waals surface area contributed by atoms with E-state index in [1.807, 2.05) is 0 Å². The molecule has 0 fully saturated rings. The number of aromatic nitrogens is 1. The van der Waals surface area contributed by atoms with Crippen LogP contribution in [-0.4, -0.2) is 24.4 Å². The molecule has 0 aliphatic carbocycles. The van der Waals surface area contributed by atoms with Crippen LogP contribution in [0.5, 0.6) is 0 Å². The number of hydrogen-bond donors (Lipinski definition) is 0. The first kappa shape index (κ1) is 15.2. The van der Waals surface area contributed by atoms with E-state index >= 15 is 0 Å². The first-order valence-corrected chi connectivity index (χ1v) is 7.55. The summed E-state index contributed by atoms with van der Waals surface area (Å²) in [6.45, 7) is 8.64. The summed E-state index contributed by atoms with van der Waals surface area (Å²) in [5.41, 5.74) is 0.961. The van der Waals surface area contributed by atoms with Gasteiger partial charge in [-0.25, -0.2) is 4.98 Å². The lowest BCUT2D eigenvalue weighted by Crippen LogP contribution is -2.28. The third-order valence-electron chi connectivity index (χ3n) is 3.53. The van der Waals surface area contributed by atoms with Crippen molar-refractivity contribution in [3.8, 4) is 0 Å². The molecule has 0 aromatic carbocycles. The maximum absolute atomic E-state index is 11.1. The first-order valence-electron chi connectivity index (χ1n) is 6.73. The third kappa shape index (κ3) is 3.31. The average molecular weight is 268 g/mol. The van der Waals surface area contributed by atoms with E-state index < -0.39 is 0 Å². The quantitative estimate of drug-likeness (QED) is 0.698. The fourth-order valence-corrected chi connectivity index (χ4v) is 2.98. The van der Waals surface area contributed by atoms with Crippen LogP contribution in [0, 0.1) is 0 Å². The molecule has 0 spiro atoms. The van der Waals surface area contributed by atoms with Gasteiger partial charge in [-0.05, 0) is 25.7 Å². The second kappa shape index (κ2) is 6.88. The topological polar surface area (TPSA) is 33.2 Å². The zero-order valence-corrected chi connectivity index (χ0v) is 12.9. The highest BCUT2D eigenvalue weighted by molar-refractivity contribution is 7.17. The molecule has 1 rings (SSSR count). The van der Waals surface area contributed by atoms with Crippen LogP contribution in [0.4, 0.5) is 5.13 Å². The molecule has 0 aliphatic rings. The van der Waals surface area contributed by atoms with Gasteiger partial charge in [0.1, 0.15) is 0 Å². The van der Waals surface area contributed by atoms with Crippen molar-refractivity contribution in [2.45, 2.75) is 58.9 Å². The Labute approximate surface area is 114 Å². The highest BCUT2D eigenvalue weighted by Gasteiger charge is 2.19. The Kier molecular flexibility index (Phi) is 5.79. The molecule has 3 nitrogen and oxygen atoms in total. The van der Waals surface area contributed by atoms with Crippen LogP contribution >= 0.6 is 11.3 Å². The first-order chi connectivity index (χ1) is 8.54. The van der Waals surface area contributed by atoms with Crippen LogP contribution in [0.25, 0.3) is 0 Å². The zero-order chi connectivity index (χ0) is 13.7. The van der Waals surface area contributed by atoms with E-state index in [2.05, 4.69) is 44.6 Å². The molecule has 0 amide bonds. The minimum absolute atomic E-state index is 0.352. The summed E-state index contributed by atoms with van der Waals surface area (Å²) in [6, 6.07) is 0.463. The fourth-order valence-electron chi connectivity index (χ4n) is 1.91. The average Bonchev–Trinajstić information content (AvgIpc) is 2.81. The summed E-state index contributed by atoms with van der Waals surface area (Å²) in [7, 11) is 2.06. The van der Waals surface area contributed by atoms with Crippen molar-refractivity contribution < 1.29 is 4.79 Å². The number of aldehydes is 1. The normalized spacial score (nSPS) is 14.3. The van der Waals surface area contributed by atoms with Gasteiger partial charge < -0.3 is 4.90 Å². The Morgan fingerprint density at radius 2 is 2.06 bits per heavy atom. The van der Waals surface area contributed by atoms with Crippen LogP contribution in [0.1, 0.15) is 68.2 Å². The highest BCUT2D eigenvalue weighted by atomic mass is 32.1. The summed E-state index contributed by atoms with van der Waals surface area (Å²) in [6.07, 6.45) is 4.26. The van der Waals surface area contributed by atoms with E-state index in [9.17, 15) is 4.79 Å². The Morgan fingerprint density at radius 3 is 2.56 bits per heavy atom. The van der Waals surface area contributed by atoms with Crippen molar-refractivity contribution in [1.29, 1.82) is 0 Å². The Balaban J connectivity index is 2.97. The molecule has 4 heteroatoms. The molecule has 0 saturated heterocycles. The van der Waals surface area contributed by atoms with Crippen LogP contribution < -0.4 is 4.90 Å². The van der Waals surface area contributed by atoms with Crippen molar-refractivity contribution >= 4 is 22.8 Å². The number of rotatable bonds is 7. The second-order valence-electron chi connectivity index (χ2n) is 4.92. The Bertz CT molecular complexity index is 389. The van der Waals surface area contributed by atoms with E-state index in [1.54, 1.807) is 0 Å². The van der Waals surface area contributed by atoms with Gasteiger partial charge in [0.05, 0.1) is 10.6 Å². The number of anilines is 1. The maximum atomic E-state index is 11.1. The van der Waals surface area contributed by atoms with Crippen molar-refractivity contribution in [3.63, 3.8) is 0 Å². The SMILES string of the molecule is CCCC(C)N(C)c1nc(C(C)CC)c(C=O)s1. The summed E-state index contributed by atoms with van der Waals surface area (Å²) >= 11 is 1.51. The minimum Gasteiger partial charge on any atom is -0.348 e. The van der Waals surface area contributed by atoms with Crippen molar-refractivity contribution in [2.75, 3.05) is 11.9 Å². The van der Waals surface area contributed by atoms with Crippen LogP contribution in [0.2, 0.25) is 0 Å². The Morgan fingerprint density at radius 1 is 1.39 bits per heavy atom. The smallest absolute Gasteiger partial charge is 0.186 e. The van der Waals surface area contributed by atoms with Crippen LogP contribution in [0.3, 0.4) is 0 Å². The molecule has 2 unspecified atom stereocenters. The molecule has 0 saturated carbocycles. The molecule has 0 bridgehead atoms. The lowest BCUT2D eigenvalue weighted by molar-refractivity contribution is 0.112.